The number of aryl methyl sites for hydroxylation is 6. The highest BCUT2D eigenvalue weighted by atomic mass is 14.9. The Balaban J connectivity index is 0.000000145. The predicted octanol–water partition coefficient (Wildman–Crippen LogP) is 14.6. The molecule has 0 saturated heterocycles. The average molecular weight is 950 g/mol. The molecular formula is C66H73N6+3. The molecular weight excluding hydrogens is 877 g/mol. The Morgan fingerprint density at radius 2 is 0.819 bits per heavy atom. The monoisotopic (exact) mass is 950 g/mol. The zero-order chi connectivity index (χ0) is 50.7. The van der Waals surface area contributed by atoms with Crippen LogP contribution >= 0.6 is 0 Å². The summed E-state index contributed by atoms with van der Waals surface area (Å²) in [6, 6.07) is 51.7. The van der Waals surface area contributed by atoms with Crippen molar-refractivity contribution in [2.24, 2.45) is 27.1 Å². The van der Waals surface area contributed by atoms with Gasteiger partial charge in [0.15, 0.2) is 18.6 Å². The van der Waals surface area contributed by atoms with Crippen LogP contribution in [0.4, 0.5) is 0 Å². The van der Waals surface area contributed by atoms with Gasteiger partial charge in [-0.1, -0.05) is 113 Å². The highest BCUT2D eigenvalue weighted by molar-refractivity contribution is 5.68. The van der Waals surface area contributed by atoms with Gasteiger partial charge in [-0.2, -0.15) is 0 Å². The maximum absolute atomic E-state index is 4.75. The molecule has 1 aliphatic carbocycles. The summed E-state index contributed by atoms with van der Waals surface area (Å²) in [5, 5.41) is 0. The lowest BCUT2D eigenvalue weighted by Crippen LogP contribution is -2.30. The minimum Gasteiger partial charge on any atom is -0.261 e. The third-order valence-corrected chi connectivity index (χ3v) is 14.0. The van der Waals surface area contributed by atoms with E-state index in [2.05, 4.69) is 257 Å². The molecule has 0 unspecified atom stereocenters. The quantitative estimate of drug-likeness (QED) is 0.128. The zero-order valence-corrected chi connectivity index (χ0v) is 44.3. The number of benzene rings is 3. The van der Waals surface area contributed by atoms with Gasteiger partial charge in [0.05, 0.1) is 0 Å². The Morgan fingerprint density at radius 3 is 1.15 bits per heavy atom. The fourth-order valence-electron chi connectivity index (χ4n) is 9.85. The fourth-order valence-corrected chi connectivity index (χ4v) is 9.85. The molecule has 0 spiro atoms. The van der Waals surface area contributed by atoms with Gasteiger partial charge >= 0.3 is 0 Å². The first kappa shape index (κ1) is 50.9. The first-order chi connectivity index (χ1) is 34.8. The van der Waals surface area contributed by atoms with E-state index < -0.39 is 0 Å². The summed E-state index contributed by atoms with van der Waals surface area (Å²) in [6.45, 7) is 15.2. The van der Waals surface area contributed by atoms with Crippen LogP contribution < -0.4 is 13.7 Å². The predicted molar refractivity (Wildman–Crippen MR) is 297 cm³/mol. The number of pyridine rings is 6. The summed E-state index contributed by atoms with van der Waals surface area (Å²) < 4.78 is 6.59. The average Bonchev–Trinajstić information content (AvgIpc) is 3.93. The summed E-state index contributed by atoms with van der Waals surface area (Å²) in [6.07, 6.45) is 18.9. The van der Waals surface area contributed by atoms with Crippen LogP contribution in [0, 0.1) is 26.7 Å². The van der Waals surface area contributed by atoms with Gasteiger partial charge in [0.25, 0.3) is 0 Å². The summed E-state index contributed by atoms with van der Waals surface area (Å²) in [5.74, 6) is 1.77. The molecule has 6 nitrogen and oxygen atoms in total. The summed E-state index contributed by atoms with van der Waals surface area (Å²) in [4.78, 5) is 13.9. The maximum Gasteiger partial charge on any atom is 0.212 e. The molecule has 6 heteroatoms. The molecule has 0 radical (unpaired) electrons. The summed E-state index contributed by atoms with van der Waals surface area (Å²) >= 11 is 0. The van der Waals surface area contributed by atoms with Gasteiger partial charge in [0.1, 0.15) is 21.1 Å². The van der Waals surface area contributed by atoms with E-state index in [-0.39, 0.29) is 0 Å². The van der Waals surface area contributed by atoms with Gasteiger partial charge in [-0.3, -0.25) is 15.0 Å². The Kier molecular flexibility index (Phi) is 16.7. The van der Waals surface area contributed by atoms with E-state index in [0.29, 0.717) is 17.8 Å². The first-order valence-electron chi connectivity index (χ1n) is 25.9. The van der Waals surface area contributed by atoms with E-state index in [1.54, 1.807) is 0 Å². The van der Waals surface area contributed by atoms with Crippen LogP contribution in [0.1, 0.15) is 99.0 Å². The fraction of sp³-hybridized carbons (Fsp3) is 0.273. The van der Waals surface area contributed by atoms with E-state index >= 15 is 0 Å². The van der Waals surface area contributed by atoms with Gasteiger partial charge in [0.2, 0.25) is 17.1 Å². The molecule has 6 heterocycles. The Morgan fingerprint density at radius 1 is 0.431 bits per heavy atom. The molecule has 0 amide bonds. The van der Waals surface area contributed by atoms with Gasteiger partial charge in [-0.05, 0) is 123 Å². The van der Waals surface area contributed by atoms with Gasteiger partial charge in [-0.15, -0.1) is 0 Å². The van der Waals surface area contributed by atoms with Crippen molar-refractivity contribution in [2.45, 2.75) is 92.4 Å². The van der Waals surface area contributed by atoms with E-state index in [4.69, 9.17) is 4.98 Å². The molecule has 6 aromatic heterocycles. The molecule has 0 atom stereocenters. The molecule has 1 aliphatic rings. The largest absolute Gasteiger partial charge is 0.261 e. The van der Waals surface area contributed by atoms with Crippen LogP contribution in [-0.4, -0.2) is 15.0 Å². The maximum atomic E-state index is 4.75. The van der Waals surface area contributed by atoms with Crippen LogP contribution in [0.5, 0.6) is 0 Å². The normalized spacial score (nSPS) is 12.3. The smallest absolute Gasteiger partial charge is 0.212 e. The van der Waals surface area contributed by atoms with E-state index in [0.717, 1.165) is 28.9 Å². The molecule has 3 aromatic carbocycles. The second-order valence-electron chi connectivity index (χ2n) is 20.4. The van der Waals surface area contributed by atoms with Crippen molar-refractivity contribution < 1.29 is 13.7 Å². The van der Waals surface area contributed by atoms with E-state index in [1.807, 2.05) is 18.6 Å². The molecule has 1 fully saturated rings. The molecule has 72 heavy (non-hydrogen) atoms. The topological polar surface area (TPSA) is 50.3 Å². The number of rotatable bonds is 10. The third kappa shape index (κ3) is 12.5. The van der Waals surface area contributed by atoms with Crippen molar-refractivity contribution in [1.29, 1.82) is 0 Å². The van der Waals surface area contributed by atoms with Crippen LogP contribution in [0.3, 0.4) is 0 Å². The van der Waals surface area contributed by atoms with Gasteiger partial charge < -0.3 is 0 Å². The minimum atomic E-state index is 0.462. The molecule has 1 saturated carbocycles. The van der Waals surface area contributed by atoms with Crippen molar-refractivity contribution >= 4 is 0 Å². The second kappa shape index (κ2) is 23.6. The minimum absolute atomic E-state index is 0.462. The molecule has 0 bridgehead atoms. The zero-order valence-electron chi connectivity index (χ0n) is 44.3. The third-order valence-electron chi connectivity index (χ3n) is 14.0. The summed E-state index contributed by atoms with van der Waals surface area (Å²) in [7, 11) is 6.32. The highest BCUT2D eigenvalue weighted by Crippen LogP contribution is 2.34. The molecule has 364 valence electrons. The Bertz CT molecular complexity index is 3220. The number of aromatic nitrogens is 6. The number of nitrogens with zero attached hydrogens (tertiary/aromatic N) is 6. The standard InChI is InChI=1S/C23H25N2.C22H25N2.C21H23N2/c1-17-7-3-6-10-21(17)23-14-12-20(16-25(23)2)19-11-13-22(24-15-19)18-8-4-5-9-18;1-16(2)13-20-11-9-18(14-23-20)19-10-12-22(24(4)15-19)21-8-6-5-7-17(21)3;1-15(2)20-11-9-17(13-22-20)18-10-12-21(23(4)14-18)19-8-6-5-7-16(19)3/h3,6-7,10-16,18H,4-5,8-9H2,1-2H3;5-12,14-16H,13H2,1-4H3;5-15H,1-4H3/q3*+1. The van der Waals surface area contributed by atoms with Crippen molar-refractivity contribution in [1.82, 2.24) is 15.0 Å². The summed E-state index contributed by atoms with van der Waals surface area (Å²) in [5.41, 5.74) is 22.1. The van der Waals surface area contributed by atoms with Crippen molar-refractivity contribution in [3.05, 3.63) is 217 Å². The molecule has 0 N–H and O–H groups in total. The van der Waals surface area contributed by atoms with Crippen LogP contribution in [0.2, 0.25) is 0 Å². The lowest BCUT2D eigenvalue weighted by Gasteiger charge is -2.09. The number of hydrogen-bond acceptors (Lipinski definition) is 3. The van der Waals surface area contributed by atoms with E-state index in [9.17, 15) is 0 Å². The lowest BCUT2D eigenvalue weighted by atomic mass is 10.0. The van der Waals surface area contributed by atoms with Gasteiger partial charge in [0, 0.05) is 110 Å². The lowest BCUT2D eigenvalue weighted by molar-refractivity contribution is -0.660. The molecule has 10 rings (SSSR count). The van der Waals surface area contributed by atoms with Crippen molar-refractivity contribution in [2.75, 3.05) is 0 Å². The highest BCUT2D eigenvalue weighted by Gasteiger charge is 2.20. The Hall–Kier alpha value is -7.44. The van der Waals surface area contributed by atoms with E-state index in [1.165, 1.54) is 104 Å². The number of hydrogen-bond donors (Lipinski definition) is 0. The van der Waals surface area contributed by atoms with Crippen molar-refractivity contribution in [3.63, 3.8) is 0 Å². The SMILES string of the molecule is Cc1ccccc1-c1ccc(-c2ccc(C(C)C)nc2)c[n+]1C.Cc1ccccc1-c1ccc(-c2ccc(C3CCCC3)nc2)c[n+]1C.Cc1ccccc1-c1ccc(-c2ccc(CC(C)C)nc2)c[n+]1C. The van der Waals surface area contributed by atoms with Crippen LogP contribution in [-0.2, 0) is 27.6 Å². The molecule has 0 aliphatic heterocycles. The second-order valence-corrected chi connectivity index (χ2v) is 20.4. The van der Waals surface area contributed by atoms with Crippen molar-refractivity contribution in [3.8, 4) is 67.2 Å². The first-order valence-corrected chi connectivity index (χ1v) is 25.9. The van der Waals surface area contributed by atoms with Gasteiger partial charge in [-0.25, -0.2) is 13.7 Å². The van der Waals surface area contributed by atoms with Crippen LogP contribution in [0.25, 0.3) is 67.2 Å². The van der Waals surface area contributed by atoms with Crippen LogP contribution in [0.15, 0.2) is 183 Å². The Labute approximate surface area is 429 Å². The molecule has 9 aromatic rings.